The first-order valence-electron chi connectivity index (χ1n) is 4.20. The summed E-state index contributed by atoms with van der Waals surface area (Å²) in [4.78, 5) is 8.31. The maximum atomic E-state index is 4.23. The highest BCUT2D eigenvalue weighted by molar-refractivity contribution is 5.85. The van der Waals surface area contributed by atoms with Gasteiger partial charge in [-0.3, -0.25) is 4.99 Å². The number of aryl methyl sites for hydroxylation is 1. The number of hydrogen-bond acceptors (Lipinski definition) is 3. The van der Waals surface area contributed by atoms with Gasteiger partial charge in [0.1, 0.15) is 18.2 Å². The number of nitrogens with one attached hydrogen (secondary N) is 1. The Hall–Kier alpha value is -1.32. The van der Waals surface area contributed by atoms with Gasteiger partial charge in [-0.15, -0.1) is 0 Å². The van der Waals surface area contributed by atoms with Crippen LogP contribution < -0.4 is 5.32 Å². The molecule has 0 atom stereocenters. The van der Waals surface area contributed by atoms with Crippen LogP contribution in [0, 0.1) is 0 Å². The lowest BCUT2D eigenvalue weighted by atomic mass is 10.4. The van der Waals surface area contributed by atoms with E-state index in [9.17, 15) is 0 Å². The van der Waals surface area contributed by atoms with Crippen LogP contribution in [0.25, 0.3) is 0 Å². The molecule has 1 aromatic heterocycles. The quantitative estimate of drug-likeness (QED) is 0.711. The predicted molar refractivity (Wildman–Crippen MR) is 48.6 cm³/mol. The molecule has 4 heteroatoms. The molecule has 0 amide bonds. The van der Waals surface area contributed by atoms with Gasteiger partial charge in [0.25, 0.3) is 0 Å². The van der Waals surface area contributed by atoms with E-state index in [4.69, 9.17) is 0 Å². The molecule has 0 fully saturated rings. The second-order valence-corrected chi connectivity index (χ2v) is 2.82. The van der Waals surface area contributed by atoms with E-state index in [-0.39, 0.29) is 0 Å². The first-order valence-corrected chi connectivity index (χ1v) is 4.20. The highest BCUT2D eigenvalue weighted by atomic mass is 15.2. The topological polar surface area (TPSA) is 42.2 Å². The van der Waals surface area contributed by atoms with Crippen LogP contribution >= 0.6 is 0 Å². The Kier molecular flexibility index (Phi) is 1.81. The number of rotatable bonds is 2. The van der Waals surface area contributed by atoms with Crippen molar-refractivity contribution in [2.45, 2.75) is 19.9 Å². The maximum Gasteiger partial charge on any atom is 0.136 e. The highest BCUT2D eigenvalue weighted by Crippen LogP contribution is 2.15. The molecule has 1 aliphatic heterocycles. The Balaban J connectivity index is 2.33. The summed E-state index contributed by atoms with van der Waals surface area (Å²) < 4.78 is 2.13. The second kappa shape index (κ2) is 2.97. The van der Waals surface area contributed by atoms with E-state index in [0.717, 1.165) is 24.5 Å². The molecule has 1 aliphatic rings. The monoisotopic (exact) mass is 164 g/mol. The van der Waals surface area contributed by atoms with E-state index in [0.29, 0.717) is 6.67 Å². The molecular formula is C8H12N4. The van der Waals surface area contributed by atoms with Crippen LogP contribution in [0.15, 0.2) is 11.3 Å². The minimum absolute atomic E-state index is 0.669. The zero-order valence-electron chi connectivity index (χ0n) is 7.12. The summed E-state index contributed by atoms with van der Waals surface area (Å²) in [6.07, 6.45) is 4.80. The third kappa shape index (κ3) is 1.09. The van der Waals surface area contributed by atoms with Gasteiger partial charge in [-0.05, 0) is 6.42 Å². The van der Waals surface area contributed by atoms with E-state index in [1.807, 2.05) is 12.5 Å². The lowest BCUT2D eigenvalue weighted by Gasteiger charge is -2.11. The van der Waals surface area contributed by atoms with E-state index < -0.39 is 0 Å². The average molecular weight is 164 g/mol. The van der Waals surface area contributed by atoms with Crippen molar-refractivity contribution in [2.75, 3.05) is 12.0 Å². The molecule has 2 heterocycles. The van der Waals surface area contributed by atoms with Crippen LogP contribution in [-0.2, 0) is 6.54 Å². The van der Waals surface area contributed by atoms with Gasteiger partial charge in [0.05, 0.1) is 12.5 Å². The van der Waals surface area contributed by atoms with Crippen LogP contribution in [0.1, 0.15) is 19.0 Å². The molecule has 1 N–H and O–H groups in total. The minimum atomic E-state index is 0.669. The zero-order valence-corrected chi connectivity index (χ0v) is 7.12. The zero-order chi connectivity index (χ0) is 8.39. The van der Waals surface area contributed by atoms with Crippen LogP contribution in [0.3, 0.4) is 0 Å². The highest BCUT2D eigenvalue weighted by Gasteiger charge is 2.10. The lowest BCUT2D eigenvalue weighted by Crippen LogP contribution is -2.11. The normalized spacial score (nSPS) is 14.1. The molecule has 0 saturated carbocycles. The van der Waals surface area contributed by atoms with Crippen LogP contribution in [0.4, 0.5) is 5.82 Å². The van der Waals surface area contributed by atoms with E-state index in [1.165, 1.54) is 0 Å². The second-order valence-electron chi connectivity index (χ2n) is 2.82. The SMILES string of the molecule is CCCn1cnc2c1NCN=C2. The Bertz CT molecular complexity index is 300. The number of aromatic nitrogens is 2. The Morgan fingerprint density at radius 1 is 1.67 bits per heavy atom. The fraction of sp³-hybridized carbons (Fsp3) is 0.500. The van der Waals surface area contributed by atoms with Crippen LogP contribution in [0.5, 0.6) is 0 Å². The smallest absolute Gasteiger partial charge is 0.136 e. The van der Waals surface area contributed by atoms with Gasteiger partial charge in [-0.2, -0.15) is 0 Å². The molecule has 12 heavy (non-hydrogen) atoms. The largest absolute Gasteiger partial charge is 0.351 e. The van der Waals surface area contributed by atoms with E-state index in [1.54, 1.807) is 0 Å². The number of nitrogens with zero attached hydrogens (tertiary/aromatic N) is 3. The van der Waals surface area contributed by atoms with Gasteiger partial charge < -0.3 is 9.88 Å². The third-order valence-corrected chi connectivity index (χ3v) is 1.88. The standard InChI is InChI=1S/C8H12N4/c1-2-3-12-6-11-7-4-9-5-10-8(7)12/h4,6,10H,2-3,5H2,1H3. The summed E-state index contributed by atoms with van der Waals surface area (Å²) in [6.45, 7) is 3.84. The van der Waals surface area contributed by atoms with Crippen molar-refractivity contribution < 1.29 is 0 Å². The number of fused-ring (bicyclic) bond motifs is 1. The van der Waals surface area contributed by atoms with Gasteiger partial charge in [0, 0.05) is 6.54 Å². The fourth-order valence-electron chi connectivity index (χ4n) is 1.35. The van der Waals surface area contributed by atoms with Crippen molar-refractivity contribution in [1.82, 2.24) is 9.55 Å². The first-order chi connectivity index (χ1) is 5.92. The third-order valence-electron chi connectivity index (χ3n) is 1.88. The molecule has 0 saturated heterocycles. The Labute approximate surface area is 71.3 Å². The molecule has 0 unspecified atom stereocenters. The molecule has 0 aromatic carbocycles. The summed E-state index contributed by atoms with van der Waals surface area (Å²) in [6, 6.07) is 0. The van der Waals surface area contributed by atoms with Crippen molar-refractivity contribution in [3.8, 4) is 0 Å². The molecule has 0 bridgehead atoms. The number of aliphatic imine (C=N–C) groups is 1. The molecule has 64 valence electrons. The van der Waals surface area contributed by atoms with Gasteiger partial charge in [-0.1, -0.05) is 6.92 Å². The van der Waals surface area contributed by atoms with Crippen molar-refractivity contribution in [3.63, 3.8) is 0 Å². The van der Waals surface area contributed by atoms with Gasteiger partial charge in [0.2, 0.25) is 0 Å². The maximum absolute atomic E-state index is 4.23. The number of hydrogen-bond donors (Lipinski definition) is 1. The van der Waals surface area contributed by atoms with Crippen molar-refractivity contribution in [3.05, 3.63) is 12.0 Å². The summed E-state index contributed by atoms with van der Waals surface area (Å²) in [5.74, 6) is 1.10. The average Bonchev–Trinajstić information content (AvgIpc) is 2.50. The fourth-order valence-corrected chi connectivity index (χ4v) is 1.35. The lowest BCUT2D eigenvalue weighted by molar-refractivity contribution is 0.681. The summed E-state index contributed by atoms with van der Waals surface area (Å²) >= 11 is 0. The predicted octanol–water partition coefficient (Wildman–Crippen LogP) is 1.09. The number of imidazole rings is 1. The van der Waals surface area contributed by atoms with Crippen LogP contribution in [0.2, 0.25) is 0 Å². The number of anilines is 1. The minimum Gasteiger partial charge on any atom is -0.351 e. The molecule has 1 aromatic rings. The van der Waals surface area contributed by atoms with Crippen LogP contribution in [-0.4, -0.2) is 22.4 Å². The van der Waals surface area contributed by atoms with Gasteiger partial charge in [0.15, 0.2) is 0 Å². The molecule has 2 rings (SSSR count). The summed E-state index contributed by atoms with van der Waals surface area (Å²) in [5, 5.41) is 3.20. The summed E-state index contributed by atoms with van der Waals surface area (Å²) in [7, 11) is 0. The Morgan fingerprint density at radius 2 is 2.58 bits per heavy atom. The van der Waals surface area contributed by atoms with Crippen molar-refractivity contribution in [2.24, 2.45) is 4.99 Å². The molecule has 0 spiro atoms. The first kappa shape index (κ1) is 7.34. The van der Waals surface area contributed by atoms with Gasteiger partial charge in [-0.25, -0.2) is 4.98 Å². The van der Waals surface area contributed by atoms with Gasteiger partial charge >= 0.3 is 0 Å². The van der Waals surface area contributed by atoms with E-state index in [2.05, 4.69) is 26.8 Å². The molecule has 4 nitrogen and oxygen atoms in total. The van der Waals surface area contributed by atoms with Crippen molar-refractivity contribution in [1.29, 1.82) is 0 Å². The molecule has 0 aliphatic carbocycles. The summed E-state index contributed by atoms with van der Waals surface area (Å²) in [5.41, 5.74) is 0.953. The Morgan fingerprint density at radius 3 is 3.42 bits per heavy atom. The van der Waals surface area contributed by atoms with Crippen molar-refractivity contribution >= 4 is 12.0 Å². The molecular weight excluding hydrogens is 152 g/mol. The molecule has 0 radical (unpaired) electrons. The van der Waals surface area contributed by atoms with E-state index >= 15 is 0 Å².